The minimum Gasteiger partial charge on any atom is -0.313 e. The lowest BCUT2D eigenvalue weighted by Gasteiger charge is -2.18. The fourth-order valence-corrected chi connectivity index (χ4v) is 2.18. The molecule has 0 saturated carbocycles. The monoisotopic (exact) mass is 226 g/mol. The third-order valence-corrected chi connectivity index (χ3v) is 3.47. The molecule has 1 aromatic heterocycles. The van der Waals surface area contributed by atoms with Crippen LogP contribution in [0.15, 0.2) is 17.5 Å². The third-order valence-electron chi connectivity index (χ3n) is 2.60. The summed E-state index contributed by atoms with van der Waals surface area (Å²) in [5.74, 6) is 0. The lowest BCUT2D eigenvalue weighted by atomic mass is 10.2. The molecule has 1 unspecified atom stereocenters. The van der Waals surface area contributed by atoms with Gasteiger partial charge in [-0.2, -0.15) is 0 Å². The van der Waals surface area contributed by atoms with Gasteiger partial charge in [0.05, 0.1) is 0 Å². The van der Waals surface area contributed by atoms with Crippen molar-refractivity contribution in [1.82, 2.24) is 10.2 Å². The van der Waals surface area contributed by atoms with E-state index < -0.39 is 0 Å². The number of rotatable bonds is 7. The lowest BCUT2D eigenvalue weighted by molar-refractivity contribution is 0.320. The van der Waals surface area contributed by atoms with Gasteiger partial charge in [0.1, 0.15) is 0 Å². The van der Waals surface area contributed by atoms with Gasteiger partial charge < -0.3 is 10.2 Å². The first-order chi connectivity index (χ1) is 7.22. The molecule has 0 radical (unpaired) electrons. The molecular weight excluding hydrogens is 204 g/mol. The number of nitrogens with one attached hydrogen (secondary N) is 1. The van der Waals surface area contributed by atoms with Gasteiger partial charge in [0, 0.05) is 30.6 Å². The number of thiophene rings is 1. The Morgan fingerprint density at radius 3 is 2.93 bits per heavy atom. The zero-order valence-corrected chi connectivity index (χ0v) is 10.8. The van der Waals surface area contributed by atoms with Gasteiger partial charge in [0.25, 0.3) is 0 Å². The molecule has 0 spiro atoms. The van der Waals surface area contributed by atoms with Crippen molar-refractivity contribution in [2.24, 2.45) is 0 Å². The average molecular weight is 226 g/mol. The molecule has 15 heavy (non-hydrogen) atoms. The molecule has 0 aromatic carbocycles. The van der Waals surface area contributed by atoms with E-state index >= 15 is 0 Å². The zero-order chi connectivity index (χ0) is 11.1. The Hall–Kier alpha value is -0.380. The minimum atomic E-state index is 0.639. The van der Waals surface area contributed by atoms with E-state index in [0.29, 0.717) is 6.04 Å². The summed E-state index contributed by atoms with van der Waals surface area (Å²) in [6.07, 6.45) is 1.20. The van der Waals surface area contributed by atoms with Crippen LogP contribution < -0.4 is 5.32 Å². The fourth-order valence-electron chi connectivity index (χ4n) is 1.39. The first kappa shape index (κ1) is 12.7. The Labute approximate surface area is 97.3 Å². The molecule has 0 aliphatic rings. The maximum Gasteiger partial charge on any atom is 0.0325 e. The van der Waals surface area contributed by atoms with Crippen LogP contribution >= 0.6 is 11.3 Å². The van der Waals surface area contributed by atoms with Crippen molar-refractivity contribution in [3.05, 3.63) is 22.4 Å². The molecule has 0 amide bonds. The second-order valence-corrected chi connectivity index (χ2v) is 5.11. The van der Waals surface area contributed by atoms with Crippen LogP contribution in [0.1, 0.15) is 25.1 Å². The second-order valence-electron chi connectivity index (χ2n) is 4.08. The summed E-state index contributed by atoms with van der Waals surface area (Å²) in [6.45, 7) is 7.71. The van der Waals surface area contributed by atoms with Crippen molar-refractivity contribution in [2.45, 2.75) is 32.9 Å². The van der Waals surface area contributed by atoms with E-state index in [9.17, 15) is 0 Å². The highest BCUT2D eigenvalue weighted by molar-refractivity contribution is 7.09. The summed E-state index contributed by atoms with van der Waals surface area (Å²) in [5, 5.41) is 5.64. The number of nitrogens with zero attached hydrogens (tertiary/aromatic N) is 1. The summed E-state index contributed by atoms with van der Waals surface area (Å²) >= 11 is 1.83. The van der Waals surface area contributed by atoms with Crippen molar-refractivity contribution >= 4 is 11.3 Å². The Bertz CT molecular complexity index is 246. The van der Waals surface area contributed by atoms with Crippen molar-refractivity contribution in [1.29, 1.82) is 0 Å². The Kier molecular flexibility index (Phi) is 5.91. The standard InChI is InChI=1S/C12H22N2S/c1-4-11(2)13-7-8-14(3)10-12-6-5-9-15-12/h5-6,9,11,13H,4,7-8,10H2,1-3H3. The van der Waals surface area contributed by atoms with Crippen molar-refractivity contribution in [2.75, 3.05) is 20.1 Å². The largest absolute Gasteiger partial charge is 0.313 e. The first-order valence-electron chi connectivity index (χ1n) is 5.66. The van der Waals surface area contributed by atoms with Crippen LogP contribution in [-0.2, 0) is 6.54 Å². The zero-order valence-electron chi connectivity index (χ0n) is 9.99. The highest BCUT2D eigenvalue weighted by Gasteiger charge is 2.02. The van der Waals surface area contributed by atoms with Crippen LogP contribution in [0.25, 0.3) is 0 Å². The highest BCUT2D eigenvalue weighted by atomic mass is 32.1. The maximum absolute atomic E-state index is 3.50. The Morgan fingerprint density at radius 2 is 2.33 bits per heavy atom. The van der Waals surface area contributed by atoms with Gasteiger partial charge in [-0.3, -0.25) is 0 Å². The van der Waals surface area contributed by atoms with E-state index in [1.54, 1.807) is 0 Å². The van der Waals surface area contributed by atoms with Gasteiger partial charge in [-0.25, -0.2) is 0 Å². The number of hydrogen-bond acceptors (Lipinski definition) is 3. The van der Waals surface area contributed by atoms with Crippen LogP contribution in [0.5, 0.6) is 0 Å². The van der Waals surface area contributed by atoms with E-state index in [2.05, 4.69) is 48.6 Å². The molecule has 1 atom stereocenters. The molecule has 0 saturated heterocycles. The molecule has 1 aromatic rings. The van der Waals surface area contributed by atoms with Crippen LogP contribution in [0.2, 0.25) is 0 Å². The summed E-state index contributed by atoms with van der Waals surface area (Å²) < 4.78 is 0. The number of hydrogen-bond donors (Lipinski definition) is 1. The van der Waals surface area contributed by atoms with Crippen molar-refractivity contribution in [3.63, 3.8) is 0 Å². The van der Waals surface area contributed by atoms with E-state index in [1.807, 2.05) is 11.3 Å². The highest BCUT2D eigenvalue weighted by Crippen LogP contribution is 2.10. The molecule has 0 aliphatic carbocycles. The van der Waals surface area contributed by atoms with Crippen LogP contribution in [0.4, 0.5) is 0 Å². The van der Waals surface area contributed by atoms with Gasteiger partial charge in [-0.05, 0) is 31.8 Å². The maximum atomic E-state index is 3.50. The molecule has 1 rings (SSSR count). The Morgan fingerprint density at radius 1 is 1.53 bits per heavy atom. The van der Waals surface area contributed by atoms with Crippen LogP contribution in [0, 0.1) is 0 Å². The third kappa shape index (κ3) is 5.30. The average Bonchev–Trinajstić information content (AvgIpc) is 2.70. The lowest BCUT2D eigenvalue weighted by Crippen LogP contribution is -2.33. The molecule has 1 heterocycles. The minimum absolute atomic E-state index is 0.639. The molecular formula is C12H22N2S. The van der Waals surface area contributed by atoms with E-state index in [-0.39, 0.29) is 0 Å². The molecule has 0 aliphatic heterocycles. The summed E-state index contributed by atoms with van der Waals surface area (Å²) in [4.78, 5) is 3.81. The van der Waals surface area contributed by atoms with Gasteiger partial charge in [-0.15, -0.1) is 11.3 Å². The second kappa shape index (κ2) is 6.99. The summed E-state index contributed by atoms with van der Waals surface area (Å²) in [5.41, 5.74) is 0. The van der Waals surface area contributed by atoms with E-state index in [0.717, 1.165) is 19.6 Å². The topological polar surface area (TPSA) is 15.3 Å². The van der Waals surface area contributed by atoms with Gasteiger partial charge in [-0.1, -0.05) is 13.0 Å². The van der Waals surface area contributed by atoms with Crippen molar-refractivity contribution < 1.29 is 0 Å². The molecule has 0 fully saturated rings. The van der Waals surface area contributed by atoms with E-state index in [1.165, 1.54) is 11.3 Å². The van der Waals surface area contributed by atoms with Crippen LogP contribution in [-0.4, -0.2) is 31.1 Å². The quantitative estimate of drug-likeness (QED) is 0.769. The predicted octanol–water partition coefficient (Wildman–Crippen LogP) is 2.57. The summed E-state index contributed by atoms with van der Waals surface area (Å²) in [6, 6.07) is 4.95. The van der Waals surface area contributed by atoms with E-state index in [4.69, 9.17) is 0 Å². The fraction of sp³-hybridized carbons (Fsp3) is 0.667. The van der Waals surface area contributed by atoms with Crippen LogP contribution in [0.3, 0.4) is 0 Å². The van der Waals surface area contributed by atoms with Crippen molar-refractivity contribution in [3.8, 4) is 0 Å². The Balaban J connectivity index is 2.11. The molecule has 3 heteroatoms. The number of likely N-dealkylation sites (N-methyl/N-ethyl adjacent to an activating group) is 1. The smallest absolute Gasteiger partial charge is 0.0325 e. The van der Waals surface area contributed by atoms with Gasteiger partial charge in [0.15, 0.2) is 0 Å². The van der Waals surface area contributed by atoms with Gasteiger partial charge >= 0.3 is 0 Å². The predicted molar refractivity (Wildman–Crippen MR) is 68.4 cm³/mol. The summed E-state index contributed by atoms with van der Waals surface area (Å²) in [7, 11) is 2.18. The molecule has 1 N–H and O–H groups in total. The molecule has 86 valence electrons. The first-order valence-corrected chi connectivity index (χ1v) is 6.54. The SMILES string of the molecule is CCC(C)NCCN(C)Cc1cccs1. The molecule has 0 bridgehead atoms. The normalized spacial score (nSPS) is 13.3. The molecule has 2 nitrogen and oxygen atoms in total. The van der Waals surface area contributed by atoms with Gasteiger partial charge in [0.2, 0.25) is 0 Å².